The Morgan fingerprint density at radius 3 is 2.48 bits per heavy atom. The number of nitrogens with zero attached hydrogens (tertiary/aromatic N) is 7. The van der Waals surface area contributed by atoms with Crippen molar-refractivity contribution < 1.29 is 9.21 Å². The number of aromatic nitrogens is 6. The summed E-state index contributed by atoms with van der Waals surface area (Å²) >= 11 is 0. The molecule has 10 nitrogen and oxygen atoms in total. The molecule has 10 heteroatoms. The molecule has 0 atom stereocenters. The van der Waals surface area contributed by atoms with E-state index in [4.69, 9.17) is 14.4 Å². The average molecular weight is 571 g/mol. The molecule has 0 unspecified atom stereocenters. The quantitative estimate of drug-likeness (QED) is 0.312. The molecule has 222 valence electrons. The third-order valence-corrected chi connectivity index (χ3v) is 9.07. The van der Waals surface area contributed by atoms with Crippen LogP contribution in [0.25, 0.3) is 22.6 Å². The molecule has 0 spiro atoms. The van der Waals surface area contributed by atoms with E-state index in [0.717, 1.165) is 41.0 Å². The lowest BCUT2D eigenvalue weighted by molar-refractivity contribution is 0.0483. The maximum atomic E-state index is 14.0. The molecule has 1 aliphatic heterocycles. The molecule has 0 aromatic carbocycles. The fourth-order valence-corrected chi connectivity index (χ4v) is 6.47. The second-order valence-electron chi connectivity index (χ2n) is 14.4. The first kappa shape index (κ1) is 28.3. The van der Waals surface area contributed by atoms with Gasteiger partial charge in [-0.25, -0.2) is 15.1 Å². The molecule has 6 rings (SSSR count). The van der Waals surface area contributed by atoms with Crippen LogP contribution in [0.5, 0.6) is 0 Å². The molecule has 1 saturated carbocycles. The van der Waals surface area contributed by atoms with Gasteiger partial charge in [0.15, 0.2) is 17.2 Å². The molecule has 1 N–H and O–H groups in total. The minimum absolute atomic E-state index is 0.104. The van der Waals surface area contributed by atoms with Gasteiger partial charge in [0, 0.05) is 42.9 Å². The highest BCUT2D eigenvalue weighted by Crippen LogP contribution is 2.43. The second-order valence-corrected chi connectivity index (χ2v) is 14.4. The van der Waals surface area contributed by atoms with Crippen LogP contribution in [0.1, 0.15) is 102 Å². The second kappa shape index (κ2) is 10.2. The van der Waals surface area contributed by atoms with Crippen molar-refractivity contribution in [3.05, 3.63) is 47.3 Å². The zero-order valence-corrected chi connectivity index (χ0v) is 25.9. The van der Waals surface area contributed by atoms with Crippen molar-refractivity contribution in [2.24, 2.45) is 5.41 Å². The van der Waals surface area contributed by atoms with Gasteiger partial charge in [0.2, 0.25) is 0 Å². The number of pyridine rings is 2. The number of anilines is 1. The van der Waals surface area contributed by atoms with Crippen LogP contribution in [0.2, 0.25) is 0 Å². The van der Waals surface area contributed by atoms with Crippen molar-refractivity contribution in [3.8, 4) is 11.5 Å². The van der Waals surface area contributed by atoms with Gasteiger partial charge in [-0.05, 0) is 79.0 Å². The lowest BCUT2D eigenvalue weighted by atomic mass is 9.72. The van der Waals surface area contributed by atoms with E-state index in [-0.39, 0.29) is 11.3 Å². The van der Waals surface area contributed by atoms with E-state index in [0.29, 0.717) is 48.2 Å². The van der Waals surface area contributed by atoms with Gasteiger partial charge in [-0.15, -0.1) is 5.10 Å². The number of aromatic amines is 1. The summed E-state index contributed by atoms with van der Waals surface area (Å²) in [5, 5.41) is 14.1. The van der Waals surface area contributed by atoms with Crippen LogP contribution < -0.4 is 4.90 Å². The molecule has 4 aromatic rings. The number of furan rings is 1. The maximum absolute atomic E-state index is 14.0. The van der Waals surface area contributed by atoms with E-state index < -0.39 is 5.54 Å². The molecule has 1 saturated heterocycles. The molecule has 5 heterocycles. The number of amides is 1. The molecule has 0 bridgehead atoms. The number of nitrogens with one attached hydrogen (secondary N) is 1. The molecule has 1 amide bonds. The first-order valence-corrected chi connectivity index (χ1v) is 15.0. The number of rotatable bonds is 4. The molecular weight excluding hydrogens is 528 g/mol. The number of hydrogen-bond acceptors (Lipinski definition) is 8. The molecule has 42 heavy (non-hydrogen) atoms. The third kappa shape index (κ3) is 5.39. The van der Waals surface area contributed by atoms with Crippen LogP contribution in [0, 0.1) is 5.41 Å². The predicted molar refractivity (Wildman–Crippen MR) is 162 cm³/mol. The highest BCUT2D eigenvalue weighted by atomic mass is 16.3. The fraction of sp³-hybridized carbons (Fsp3) is 0.562. The van der Waals surface area contributed by atoms with Crippen molar-refractivity contribution in [2.45, 2.75) is 91.0 Å². The Hall–Kier alpha value is -3.82. The molecule has 4 aromatic heterocycles. The van der Waals surface area contributed by atoms with Gasteiger partial charge >= 0.3 is 0 Å². The van der Waals surface area contributed by atoms with E-state index in [1.54, 1.807) is 0 Å². The van der Waals surface area contributed by atoms with Crippen LogP contribution in [0.4, 0.5) is 5.82 Å². The Bertz CT molecular complexity index is 1590. The molecule has 2 aliphatic rings. The summed E-state index contributed by atoms with van der Waals surface area (Å²) in [5.41, 5.74) is 4.23. The Morgan fingerprint density at radius 2 is 1.81 bits per heavy atom. The van der Waals surface area contributed by atoms with Crippen molar-refractivity contribution in [3.63, 3.8) is 0 Å². The largest absolute Gasteiger partial charge is 0.449 e. The Morgan fingerprint density at radius 1 is 1.05 bits per heavy atom. The summed E-state index contributed by atoms with van der Waals surface area (Å²) in [4.78, 5) is 28.0. The van der Waals surface area contributed by atoms with E-state index in [9.17, 15) is 4.79 Å². The minimum atomic E-state index is -0.458. The van der Waals surface area contributed by atoms with Gasteiger partial charge < -0.3 is 14.2 Å². The Kier molecular flexibility index (Phi) is 6.85. The molecule has 0 radical (unpaired) electrons. The number of tetrazole rings is 1. The number of carbonyl (C=O) groups excluding carboxylic acids is 1. The highest BCUT2D eigenvalue weighted by Gasteiger charge is 2.39. The first-order chi connectivity index (χ1) is 19.8. The van der Waals surface area contributed by atoms with Gasteiger partial charge in [0.05, 0.1) is 5.54 Å². The lowest BCUT2D eigenvalue weighted by Gasteiger charge is -2.47. The van der Waals surface area contributed by atoms with E-state index >= 15 is 0 Å². The SMILES string of the molecule is CC1(C)CCC(c2cc(C(C)(C)C)c3oc(C(=O)N4CCN(c5cccc(-c6nnn[nH]6)n5)CC4(C)C)cc3n2)CC1. The van der Waals surface area contributed by atoms with Crippen LogP contribution in [0.3, 0.4) is 0 Å². The van der Waals surface area contributed by atoms with E-state index in [1.807, 2.05) is 29.2 Å². The number of piperazine rings is 1. The lowest BCUT2D eigenvalue weighted by Crippen LogP contribution is -2.61. The zero-order chi connectivity index (χ0) is 29.9. The topological polar surface area (TPSA) is 117 Å². The minimum Gasteiger partial charge on any atom is -0.449 e. The number of H-pyrrole nitrogens is 1. The summed E-state index contributed by atoms with van der Waals surface area (Å²) in [6, 6.07) is 9.90. The summed E-state index contributed by atoms with van der Waals surface area (Å²) in [6.45, 7) is 17.3. The third-order valence-electron chi connectivity index (χ3n) is 9.07. The predicted octanol–water partition coefficient (Wildman–Crippen LogP) is 6.13. The zero-order valence-electron chi connectivity index (χ0n) is 25.9. The van der Waals surface area contributed by atoms with Crippen molar-refractivity contribution >= 4 is 22.8 Å². The van der Waals surface area contributed by atoms with Crippen molar-refractivity contribution in [1.82, 2.24) is 35.5 Å². The summed E-state index contributed by atoms with van der Waals surface area (Å²) in [5.74, 6) is 2.04. The smallest absolute Gasteiger partial charge is 0.290 e. The van der Waals surface area contributed by atoms with Gasteiger partial charge in [0.1, 0.15) is 17.0 Å². The van der Waals surface area contributed by atoms with Crippen LogP contribution in [0.15, 0.2) is 34.7 Å². The van der Waals surface area contributed by atoms with Gasteiger partial charge in [-0.3, -0.25) is 4.79 Å². The monoisotopic (exact) mass is 570 g/mol. The Labute approximate surface area is 247 Å². The summed E-state index contributed by atoms with van der Waals surface area (Å²) in [7, 11) is 0. The highest BCUT2D eigenvalue weighted by molar-refractivity contribution is 5.96. The normalized spacial score (nSPS) is 19.4. The maximum Gasteiger partial charge on any atom is 0.290 e. The van der Waals surface area contributed by atoms with E-state index in [1.165, 1.54) is 12.8 Å². The summed E-state index contributed by atoms with van der Waals surface area (Å²) in [6.07, 6.45) is 4.69. The van der Waals surface area contributed by atoms with Gasteiger partial charge in [-0.1, -0.05) is 40.7 Å². The Balaban J connectivity index is 1.26. The van der Waals surface area contributed by atoms with Crippen LogP contribution in [-0.2, 0) is 5.41 Å². The molecular formula is C32H42N8O2. The van der Waals surface area contributed by atoms with Gasteiger partial charge in [0.25, 0.3) is 5.91 Å². The summed E-state index contributed by atoms with van der Waals surface area (Å²) < 4.78 is 6.38. The number of fused-ring (bicyclic) bond motifs is 1. The average Bonchev–Trinajstić information content (AvgIpc) is 3.62. The van der Waals surface area contributed by atoms with Crippen molar-refractivity contribution in [1.29, 1.82) is 0 Å². The van der Waals surface area contributed by atoms with E-state index in [2.05, 4.69) is 80.1 Å². The molecule has 2 fully saturated rings. The number of hydrogen-bond donors (Lipinski definition) is 1. The fourth-order valence-electron chi connectivity index (χ4n) is 6.47. The van der Waals surface area contributed by atoms with Crippen LogP contribution in [-0.4, -0.2) is 66.6 Å². The first-order valence-electron chi connectivity index (χ1n) is 15.0. The number of carbonyl (C=O) groups is 1. The standard InChI is InChI=1S/C32H42N8O2/c1-30(2,3)21-17-23(20-11-13-31(4,5)14-12-20)33-24-18-25(42-27(21)24)29(41)40-16-15-39(19-32(40,6)7)26-10-8-9-22(34-26)28-35-37-38-36-28/h8-10,17-18,20H,11-16,19H2,1-7H3,(H,35,36,37,38). The molecule has 1 aliphatic carbocycles. The van der Waals surface area contributed by atoms with Gasteiger partial charge in [-0.2, -0.15) is 0 Å². The van der Waals surface area contributed by atoms with Crippen LogP contribution >= 0.6 is 0 Å². The van der Waals surface area contributed by atoms with Crippen molar-refractivity contribution in [2.75, 3.05) is 24.5 Å².